The van der Waals surface area contributed by atoms with E-state index in [2.05, 4.69) is 15.3 Å². The van der Waals surface area contributed by atoms with E-state index >= 15 is 0 Å². The summed E-state index contributed by atoms with van der Waals surface area (Å²) in [7, 11) is 0. The number of benzene rings is 1. The number of nitrogens with zero attached hydrogens (tertiary/aromatic N) is 4. The Hall–Kier alpha value is -3.08. The largest absolute Gasteiger partial charge is 0.334 e. The van der Waals surface area contributed by atoms with Crippen molar-refractivity contribution in [1.29, 1.82) is 0 Å². The summed E-state index contributed by atoms with van der Waals surface area (Å²) >= 11 is 16.5. The average Bonchev–Trinajstić information content (AvgIpc) is 2.63. The summed E-state index contributed by atoms with van der Waals surface area (Å²) in [5, 5.41) is 23.8. The van der Waals surface area contributed by atoms with E-state index in [1.807, 2.05) is 0 Å². The highest BCUT2D eigenvalue weighted by Crippen LogP contribution is 2.27. The molecule has 0 fully saturated rings. The SMILES string of the molecule is O=[N+]([O-])c1ccc(Cl)nc1Cl.O=[N+]([O-])c1ccc(Cl)nc1Nc1ccc(F)cc1. The lowest BCUT2D eigenvalue weighted by molar-refractivity contribution is -0.385. The zero-order valence-electron chi connectivity index (χ0n) is 14.1. The van der Waals surface area contributed by atoms with Crippen molar-refractivity contribution < 1.29 is 14.2 Å². The van der Waals surface area contributed by atoms with Crippen LogP contribution in [0.3, 0.4) is 0 Å². The van der Waals surface area contributed by atoms with Gasteiger partial charge < -0.3 is 5.32 Å². The maximum Gasteiger partial charge on any atom is 0.311 e. The predicted molar refractivity (Wildman–Crippen MR) is 106 cm³/mol. The molecular formula is C16H9Cl3FN5O4. The molecule has 1 N–H and O–H groups in total. The second kappa shape index (κ2) is 9.92. The number of halogens is 4. The van der Waals surface area contributed by atoms with E-state index in [1.54, 1.807) is 0 Å². The van der Waals surface area contributed by atoms with E-state index in [0.717, 1.165) is 0 Å². The van der Waals surface area contributed by atoms with Gasteiger partial charge >= 0.3 is 11.4 Å². The van der Waals surface area contributed by atoms with Gasteiger partial charge in [0.2, 0.25) is 11.0 Å². The van der Waals surface area contributed by atoms with Gasteiger partial charge in [0.25, 0.3) is 0 Å². The van der Waals surface area contributed by atoms with E-state index in [4.69, 9.17) is 34.8 Å². The molecule has 0 saturated carbocycles. The van der Waals surface area contributed by atoms with Crippen LogP contribution in [0.1, 0.15) is 0 Å². The van der Waals surface area contributed by atoms with Crippen molar-refractivity contribution in [2.24, 2.45) is 0 Å². The van der Waals surface area contributed by atoms with Crippen LogP contribution in [-0.2, 0) is 0 Å². The molecule has 13 heteroatoms. The molecule has 29 heavy (non-hydrogen) atoms. The Morgan fingerprint density at radius 3 is 1.83 bits per heavy atom. The number of nitrogens with one attached hydrogen (secondary N) is 1. The minimum Gasteiger partial charge on any atom is -0.334 e. The fraction of sp³-hybridized carbons (Fsp3) is 0. The third-order valence-corrected chi connectivity index (χ3v) is 3.83. The number of aromatic nitrogens is 2. The summed E-state index contributed by atoms with van der Waals surface area (Å²) < 4.78 is 12.7. The van der Waals surface area contributed by atoms with Gasteiger partial charge in [-0.1, -0.05) is 34.8 Å². The maximum atomic E-state index is 12.7. The zero-order valence-corrected chi connectivity index (χ0v) is 16.3. The molecule has 2 heterocycles. The van der Waals surface area contributed by atoms with Gasteiger partial charge in [-0.15, -0.1) is 0 Å². The van der Waals surface area contributed by atoms with Crippen LogP contribution in [-0.4, -0.2) is 19.8 Å². The molecule has 0 aliphatic carbocycles. The summed E-state index contributed by atoms with van der Waals surface area (Å²) in [6.07, 6.45) is 0. The first-order chi connectivity index (χ1) is 13.7. The fourth-order valence-electron chi connectivity index (χ4n) is 1.88. The summed E-state index contributed by atoms with van der Waals surface area (Å²) in [6.45, 7) is 0. The Kier molecular flexibility index (Phi) is 7.59. The highest BCUT2D eigenvalue weighted by atomic mass is 35.5. The molecule has 3 rings (SSSR count). The van der Waals surface area contributed by atoms with Gasteiger partial charge in [-0.2, -0.15) is 0 Å². The van der Waals surface area contributed by atoms with Gasteiger partial charge in [0.1, 0.15) is 16.1 Å². The lowest BCUT2D eigenvalue weighted by atomic mass is 10.3. The third-order valence-electron chi connectivity index (χ3n) is 3.14. The van der Waals surface area contributed by atoms with Gasteiger partial charge in [0.05, 0.1) is 9.85 Å². The molecule has 0 aliphatic heterocycles. The summed E-state index contributed by atoms with van der Waals surface area (Å²) in [5.74, 6) is -0.381. The Labute approximate surface area is 177 Å². The van der Waals surface area contributed by atoms with Crippen LogP contribution in [0.25, 0.3) is 0 Å². The van der Waals surface area contributed by atoms with E-state index in [0.29, 0.717) is 5.69 Å². The molecule has 0 amide bonds. The minimum absolute atomic E-state index is 0.0131. The van der Waals surface area contributed by atoms with Crippen molar-refractivity contribution in [3.8, 4) is 0 Å². The van der Waals surface area contributed by atoms with E-state index in [9.17, 15) is 24.6 Å². The summed E-state index contributed by atoms with van der Waals surface area (Å²) in [5.41, 5.74) is 0.0362. The molecule has 3 aromatic rings. The molecule has 0 spiro atoms. The second-order valence-electron chi connectivity index (χ2n) is 5.09. The molecule has 0 atom stereocenters. The lowest BCUT2D eigenvalue weighted by Gasteiger charge is -2.06. The molecule has 9 nitrogen and oxygen atoms in total. The first kappa shape index (κ1) is 22.2. The monoisotopic (exact) mass is 459 g/mol. The molecule has 0 aliphatic rings. The molecule has 0 saturated heterocycles. The van der Waals surface area contributed by atoms with Gasteiger partial charge in [-0.05, 0) is 36.4 Å². The third kappa shape index (κ3) is 6.49. The summed E-state index contributed by atoms with van der Waals surface area (Å²) in [4.78, 5) is 27.1. The van der Waals surface area contributed by atoms with Gasteiger partial charge in [-0.3, -0.25) is 20.2 Å². The number of anilines is 2. The number of hydrogen-bond acceptors (Lipinski definition) is 7. The normalized spacial score (nSPS) is 9.93. The maximum absolute atomic E-state index is 12.7. The van der Waals surface area contributed by atoms with Crippen LogP contribution in [0, 0.1) is 26.0 Å². The van der Waals surface area contributed by atoms with Gasteiger partial charge in [0.15, 0.2) is 0 Å². The molecular weight excluding hydrogens is 452 g/mol. The Bertz CT molecular complexity index is 1050. The summed E-state index contributed by atoms with van der Waals surface area (Å²) in [6, 6.07) is 10.5. The van der Waals surface area contributed by atoms with Crippen LogP contribution >= 0.6 is 34.8 Å². The van der Waals surface area contributed by atoms with Crippen LogP contribution < -0.4 is 5.32 Å². The average molecular weight is 461 g/mol. The number of rotatable bonds is 4. The second-order valence-corrected chi connectivity index (χ2v) is 6.22. The van der Waals surface area contributed by atoms with Gasteiger partial charge in [-0.25, -0.2) is 14.4 Å². The van der Waals surface area contributed by atoms with Crippen molar-refractivity contribution >= 4 is 57.7 Å². The van der Waals surface area contributed by atoms with Crippen LogP contribution in [0.4, 0.5) is 27.3 Å². The molecule has 2 aromatic heterocycles. The van der Waals surface area contributed by atoms with E-state index < -0.39 is 15.7 Å². The fourth-order valence-corrected chi connectivity index (χ4v) is 2.44. The van der Waals surface area contributed by atoms with Crippen molar-refractivity contribution in [3.63, 3.8) is 0 Å². The Morgan fingerprint density at radius 1 is 0.793 bits per heavy atom. The van der Waals surface area contributed by atoms with Crippen molar-refractivity contribution in [1.82, 2.24) is 9.97 Å². The Morgan fingerprint density at radius 2 is 1.31 bits per heavy atom. The van der Waals surface area contributed by atoms with Crippen LogP contribution in [0.2, 0.25) is 15.5 Å². The van der Waals surface area contributed by atoms with E-state index in [1.165, 1.54) is 48.5 Å². The van der Waals surface area contributed by atoms with Crippen LogP contribution in [0.5, 0.6) is 0 Å². The number of nitro groups is 2. The highest BCUT2D eigenvalue weighted by Gasteiger charge is 2.16. The standard InChI is InChI=1S/C11H7ClFN3O2.C5H2Cl2N2O2/c12-10-6-5-9(16(17)18)11(15-10)14-8-3-1-7(13)2-4-8;6-4-2-1-3(9(10)11)5(7)8-4/h1-6H,(H,14,15);1-2H. The predicted octanol–water partition coefficient (Wildman–Crippen LogP) is 5.82. The molecule has 0 bridgehead atoms. The quantitative estimate of drug-likeness (QED) is 0.295. The van der Waals surface area contributed by atoms with E-state index in [-0.39, 0.29) is 32.7 Å². The smallest absolute Gasteiger partial charge is 0.311 e. The minimum atomic E-state index is -0.619. The van der Waals surface area contributed by atoms with Crippen molar-refractivity contribution in [3.05, 3.63) is 90.0 Å². The molecule has 0 unspecified atom stereocenters. The molecule has 150 valence electrons. The zero-order chi connectivity index (χ0) is 21.6. The van der Waals surface area contributed by atoms with Crippen LogP contribution in [0.15, 0.2) is 48.5 Å². The van der Waals surface area contributed by atoms with Crippen molar-refractivity contribution in [2.75, 3.05) is 5.32 Å². The first-order valence-electron chi connectivity index (χ1n) is 7.47. The molecule has 1 aromatic carbocycles. The number of hydrogen-bond donors (Lipinski definition) is 1. The lowest BCUT2D eigenvalue weighted by Crippen LogP contribution is -1.99. The van der Waals surface area contributed by atoms with Crippen molar-refractivity contribution in [2.45, 2.75) is 0 Å². The highest BCUT2D eigenvalue weighted by molar-refractivity contribution is 6.33. The first-order valence-corrected chi connectivity index (χ1v) is 8.60. The Balaban J connectivity index is 0.000000234. The van der Waals surface area contributed by atoms with Gasteiger partial charge in [0, 0.05) is 17.8 Å². The molecule has 0 radical (unpaired) electrons. The number of pyridine rings is 2. The topological polar surface area (TPSA) is 124 Å².